The Hall–Kier alpha value is -1.80. The molecule has 1 unspecified atom stereocenters. The predicted octanol–water partition coefficient (Wildman–Crippen LogP) is 4.36. The Morgan fingerprint density at radius 1 is 1.30 bits per heavy atom. The van der Waals surface area contributed by atoms with E-state index in [2.05, 4.69) is 49.2 Å². The summed E-state index contributed by atoms with van der Waals surface area (Å²) in [4.78, 5) is 22.4. The molecule has 1 aromatic carbocycles. The molecule has 1 aliphatic heterocycles. The minimum atomic E-state index is -0.332. The smallest absolute Gasteiger partial charge is 0.227 e. The van der Waals surface area contributed by atoms with Crippen molar-refractivity contribution in [3.8, 4) is 10.6 Å². The number of primary amides is 1. The number of benzene rings is 1. The van der Waals surface area contributed by atoms with Crippen LogP contribution in [0.25, 0.3) is 20.8 Å². The number of thiophene rings is 1. The minimum absolute atomic E-state index is 0.264. The zero-order chi connectivity index (χ0) is 21.3. The van der Waals surface area contributed by atoms with Gasteiger partial charge in [-0.2, -0.15) is 0 Å². The fourth-order valence-electron chi connectivity index (χ4n) is 4.09. The maximum atomic E-state index is 12.5. The predicted molar refractivity (Wildman–Crippen MR) is 127 cm³/mol. The van der Waals surface area contributed by atoms with Gasteiger partial charge in [0.25, 0.3) is 0 Å². The summed E-state index contributed by atoms with van der Waals surface area (Å²) in [5.41, 5.74) is 9.46. The largest absolute Gasteiger partial charge is 0.369 e. The lowest BCUT2D eigenvalue weighted by Gasteiger charge is -2.30. The molecule has 1 aliphatic rings. The highest BCUT2D eigenvalue weighted by Gasteiger charge is 2.32. The second-order valence-corrected chi connectivity index (χ2v) is 10.4. The zero-order valence-electron chi connectivity index (χ0n) is 17.9. The van der Waals surface area contributed by atoms with Crippen LogP contribution in [0.1, 0.15) is 48.4 Å². The number of nitrogens with one attached hydrogen (secondary N) is 1. The van der Waals surface area contributed by atoms with E-state index in [-0.39, 0.29) is 11.8 Å². The Morgan fingerprint density at radius 3 is 2.80 bits per heavy atom. The first-order valence-corrected chi connectivity index (χ1v) is 12.4. The van der Waals surface area contributed by atoms with Crippen molar-refractivity contribution >= 4 is 38.8 Å². The van der Waals surface area contributed by atoms with Crippen molar-refractivity contribution in [1.29, 1.82) is 0 Å². The normalized spacial score (nSPS) is 15.6. The third-order valence-electron chi connectivity index (χ3n) is 5.79. The fourth-order valence-corrected chi connectivity index (χ4v) is 6.69. The number of rotatable bonds is 8. The van der Waals surface area contributed by atoms with Crippen LogP contribution in [-0.2, 0) is 17.8 Å². The van der Waals surface area contributed by atoms with Crippen molar-refractivity contribution in [3.63, 3.8) is 0 Å². The first kappa shape index (κ1) is 21.4. The zero-order valence-corrected chi connectivity index (χ0v) is 19.5. The van der Waals surface area contributed by atoms with Gasteiger partial charge in [-0.15, -0.1) is 22.7 Å². The monoisotopic (exact) mass is 442 g/mol. The van der Waals surface area contributed by atoms with Gasteiger partial charge >= 0.3 is 0 Å². The molecule has 3 N–H and O–H groups in total. The van der Waals surface area contributed by atoms with Crippen LogP contribution in [0.15, 0.2) is 24.3 Å². The highest BCUT2D eigenvalue weighted by Crippen LogP contribution is 2.45. The molecule has 0 bridgehead atoms. The van der Waals surface area contributed by atoms with E-state index in [4.69, 9.17) is 10.7 Å². The Morgan fingerprint density at radius 2 is 2.10 bits per heavy atom. The number of fused-ring (bicyclic) bond motifs is 2. The van der Waals surface area contributed by atoms with Crippen LogP contribution in [0, 0.1) is 0 Å². The molecular weight excluding hydrogens is 412 g/mol. The van der Waals surface area contributed by atoms with Crippen molar-refractivity contribution in [2.75, 3.05) is 19.6 Å². The lowest BCUT2D eigenvalue weighted by atomic mass is 9.96. The highest BCUT2D eigenvalue weighted by atomic mass is 32.1. The van der Waals surface area contributed by atoms with Crippen molar-refractivity contribution < 1.29 is 4.79 Å². The molecule has 0 saturated heterocycles. The molecule has 0 aliphatic carbocycles. The van der Waals surface area contributed by atoms with Gasteiger partial charge in [0.15, 0.2) is 0 Å². The average molecular weight is 443 g/mol. The lowest BCUT2D eigenvalue weighted by molar-refractivity contribution is -0.119. The second-order valence-electron chi connectivity index (χ2n) is 8.20. The van der Waals surface area contributed by atoms with E-state index < -0.39 is 0 Å². The number of nitrogens with two attached hydrogens (primary N) is 1. The van der Waals surface area contributed by atoms with Crippen LogP contribution in [0.4, 0.5) is 0 Å². The van der Waals surface area contributed by atoms with Gasteiger partial charge in [0.2, 0.25) is 5.91 Å². The van der Waals surface area contributed by atoms with Crippen molar-refractivity contribution in [2.45, 2.75) is 52.1 Å². The molecule has 160 valence electrons. The van der Waals surface area contributed by atoms with Gasteiger partial charge in [0.05, 0.1) is 16.1 Å². The van der Waals surface area contributed by atoms with E-state index in [1.165, 1.54) is 20.7 Å². The Balaban J connectivity index is 1.82. The summed E-state index contributed by atoms with van der Waals surface area (Å²) in [5.74, 6) is -0.595. The molecule has 3 heterocycles. The molecular formula is C23H30N4OS2. The highest BCUT2D eigenvalue weighted by molar-refractivity contribution is 7.22. The first-order chi connectivity index (χ1) is 14.5. The van der Waals surface area contributed by atoms with Crippen LogP contribution in [0.2, 0.25) is 0 Å². The van der Waals surface area contributed by atoms with Crippen LogP contribution in [-0.4, -0.2) is 41.5 Å². The summed E-state index contributed by atoms with van der Waals surface area (Å²) in [6, 6.07) is 8.76. The number of nitrogens with zero attached hydrogens (tertiary/aromatic N) is 2. The number of carbonyl (C=O) groups excluding carboxylic acids is 1. The SMILES string of the molecule is CCCNCC(C(N)=O)c1sc2c(c1-c1nc3ccccc3s1)CCN(C(C)C)C2. The standard InChI is InChI=1S/C23H30N4OS2/c1-4-10-25-12-16(22(24)28)21-20(23-26-17-7-5-6-8-18(17)30-23)15-9-11-27(14(2)3)13-19(15)29-21/h5-8,14,16,25H,4,9-13H2,1-3H3,(H2,24,28). The Bertz CT molecular complexity index is 1010. The van der Waals surface area contributed by atoms with Gasteiger partial charge in [-0.1, -0.05) is 19.1 Å². The van der Waals surface area contributed by atoms with Gasteiger partial charge in [0.1, 0.15) is 5.01 Å². The van der Waals surface area contributed by atoms with E-state index in [9.17, 15) is 4.79 Å². The average Bonchev–Trinajstić information content (AvgIpc) is 3.31. The minimum Gasteiger partial charge on any atom is -0.369 e. The number of carbonyl (C=O) groups is 1. The third kappa shape index (κ3) is 4.17. The molecule has 5 nitrogen and oxygen atoms in total. The molecule has 1 amide bonds. The summed E-state index contributed by atoms with van der Waals surface area (Å²) in [6.45, 7) is 10.0. The second kappa shape index (κ2) is 9.14. The van der Waals surface area contributed by atoms with Crippen LogP contribution < -0.4 is 11.1 Å². The number of hydrogen-bond acceptors (Lipinski definition) is 6. The summed E-state index contributed by atoms with van der Waals surface area (Å²) in [5, 5.41) is 4.42. The maximum Gasteiger partial charge on any atom is 0.227 e. The van der Waals surface area contributed by atoms with Crippen LogP contribution in [0.3, 0.4) is 0 Å². The molecule has 4 rings (SSSR count). The summed E-state index contributed by atoms with van der Waals surface area (Å²) < 4.78 is 1.18. The van der Waals surface area contributed by atoms with Gasteiger partial charge in [0, 0.05) is 41.0 Å². The van der Waals surface area contributed by atoms with Gasteiger partial charge in [-0.3, -0.25) is 9.69 Å². The van der Waals surface area contributed by atoms with E-state index in [1.807, 2.05) is 6.07 Å². The number of thiazole rings is 1. The van der Waals surface area contributed by atoms with Gasteiger partial charge in [-0.05, 0) is 50.9 Å². The molecule has 0 radical (unpaired) electrons. The third-order valence-corrected chi connectivity index (χ3v) is 8.17. The van der Waals surface area contributed by atoms with E-state index in [0.29, 0.717) is 12.6 Å². The molecule has 30 heavy (non-hydrogen) atoms. The Kier molecular flexibility index (Phi) is 6.53. The molecule has 0 saturated carbocycles. The summed E-state index contributed by atoms with van der Waals surface area (Å²) >= 11 is 3.48. The van der Waals surface area contributed by atoms with E-state index in [0.717, 1.165) is 47.9 Å². The first-order valence-electron chi connectivity index (χ1n) is 10.7. The van der Waals surface area contributed by atoms with E-state index >= 15 is 0 Å². The van der Waals surface area contributed by atoms with Crippen molar-refractivity contribution in [1.82, 2.24) is 15.2 Å². The van der Waals surface area contributed by atoms with Gasteiger partial charge in [-0.25, -0.2) is 4.98 Å². The Labute approximate surface area is 186 Å². The topological polar surface area (TPSA) is 71.2 Å². The van der Waals surface area contributed by atoms with Crippen molar-refractivity contribution in [2.24, 2.45) is 5.73 Å². The summed E-state index contributed by atoms with van der Waals surface area (Å²) in [7, 11) is 0. The van der Waals surface area contributed by atoms with Gasteiger partial charge < -0.3 is 11.1 Å². The van der Waals surface area contributed by atoms with E-state index in [1.54, 1.807) is 22.7 Å². The summed E-state index contributed by atoms with van der Waals surface area (Å²) in [6.07, 6.45) is 2.02. The maximum absolute atomic E-state index is 12.5. The number of aromatic nitrogens is 1. The molecule has 1 atom stereocenters. The molecule has 7 heteroatoms. The van der Waals surface area contributed by atoms with Crippen molar-refractivity contribution in [3.05, 3.63) is 39.6 Å². The quantitative estimate of drug-likeness (QED) is 0.509. The van der Waals surface area contributed by atoms with Crippen LogP contribution >= 0.6 is 22.7 Å². The molecule has 0 spiro atoms. The number of amides is 1. The number of hydrogen-bond donors (Lipinski definition) is 2. The fraction of sp³-hybridized carbons (Fsp3) is 0.478. The molecule has 2 aromatic heterocycles. The van der Waals surface area contributed by atoms with Crippen LogP contribution in [0.5, 0.6) is 0 Å². The number of para-hydroxylation sites is 1. The molecule has 0 fully saturated rings. The lowest BCUT2D eigenvalue weighted by Crippen LogP contribution is -2.35. The molecule has 3 aromatic rings.